The number of nitrogens with one attached hydrogen (secondary N) is 1. The fourth-order valence-corrected chi connectivity index (χ4v) is 2.44. The van der Waals surface area contributed by atoms with Crippen LogP contribution in [0.1, 0.15) is 45.2 Å². The summed E-state index contributed by atoms with van der Waals surface area (Å²) in [7, 11) is 0. The molecule has 3 heteroatoms. The Morgan fingerprint density at radius 2 is 1.89 bits per heavy atom. The van der Waals surface area contributed by atoms with Crippen molar-refractivity contribution in [2.24, 2.45) is 11.3 Å². The van der Waals surface area contributed by atoms with Crippen molar-refractivity contribution < 1.29 is 8.78 Å². The first kappa shape index (κ1) is 13.5. The summed E-state index contributed by atoms with van der Waals surface area (Å²) in [5.74, 6) is -0.344. The largest absolute Gasteiger partial charge is 0.310 e. The Kier molecular flexibility index (Phi) is 3.71. The molecule has 1 aromatic carbocycles. The molecule has 1 aromatic rings. The molecule has 1 unspecified atom stereocenters. The van der Waals surface area contributed by atoms with Crippen molar-refractivity contribution in [1.82, 2.24) is 5.32 Å². The normalized spacial score (nSPS) is 19.0. The second-order valence-electron chi connectivity index (χ2n) is 5.79. The Labute approximate surface area is 108 Å². The zero-order chi connectivity index (χ0) is 13.3. The highest BCUT2D eigenvalue weighted by Gasteiger charge is 2.44. The van der Waals surface area contributed by atoms with Gasteiger partial charge in [-0.2, -0.15) is 0 Å². The van der Waals surface area contributed by atoms with Gasteiger partial charge in [-0.15, -0.1) is 0 Å². The zero-order valence-corrected chi connectivity index (χ0v) is 11.3. The van der Waals surface area contributed by atoms with Gasteiger partial charge in [0.15, 0.2) is 0 Å². The molecule has 100 valence electrons. The summed E-state index contributed by atoms with van der Waals surface area (Å²) < 4.78 is 26.5. The van der Waals surface area contributed by atoms with Crippen LogP contribution in [0.15, 0.2) is 18.2 Å². The van der Waals surface area contributed by atoms with Gasteiger partial charge in [-0.25, -0.2) is 8.78 Å². The van der Waals surface area contributed by atoms with Gasteiger partial charge in [0.05, 0.1) is 0 Å². The average Bonchev–Trinajstić information content (AvgIpc) is 3.07. The maximum absolute atomic E-state index is 13.6. The van der Waals surface area contributed by atoms with Crippen LogP contribution in [-0.4, -0.2) is 6.54 Å². The van der Waals surface area contributed by atoms with Crippen LogP contribution in [0.3, 0.4) is 0 Å². The van der Waals surface area contributed by atoms with E-state index in [-0.39, 0.29) is 6.04 Å². The topological polar surface area (TPSA) is 12.0 Å². The van der Waals surface area contributed by atoms with Crippen molar-refractivity contribution in [3.8, 4) is 0 Å². The van der Waals surface area contributed by atoms with Crippen molar-refractivity contribution in [2.45, 2.75) is 39.7 Å². The molecule has 1 nitrogen and oxygen atoms in total. The summed E-state index contributed by atoms with van der Waals surface area (Å²) >= 11 is 0. The van der Waals surface area contributed by atoms with E-state index in [1.165, 1.54) is 25.0 Å². The summed E-state index contributed by atoms with van der Waals surface area (Å²) in [5, 5.41) is 3.38. The van der Waals surface area contributed by atoms with Gasteiger partial charge in [0.25, 0.3) is 0 Å². The molecule has 0 saturated heterocycles. The highest BCUT2D eigenvalue weighted by Crippen LogP contribution is 2.51. The monoisotopic (exact) mass is 253 g/mol. The van der Waals surface area contributed by atoms with E-state index in [2.05, 4.69) is 19.2 Å². The van der Waals surface area contributed by atoms with Gasteiger partial charge < -0.3 is 5.32 Å². The standard InChI is InChI=1S/C15H21F2N/c1-10(2)15(6-7-15)9-18-11(3)13-5-4-12(16)8-14(13)17/h4-5,8,10-11,18H,6-7,9H2,1-3H3. The lowest BCUT2D eigenvalue weighted by Crippen LogP contribution is -2.30. The van der Waals surface area contributed by atoms with Gasteiger partial charge in [-0.05, 0) is 37.2 Å². The summed E-state index contributed by atoms with van der Waals surface area (Å²) in [6, 6.07) is 3.70. The van der Waals surface area contributed by atoms with Crippen LogP contribution in [0.4, 0.5) is 8.78 Å². The Morgan fingerprint density at radius 1 is 1.22 bits per heavy atom. The minimum Gasteiger partial charge on any atom is -0.310 e. The van der Waals surface area contributed by atoms with Crippen LogP contribution in [-0.2, 0) is 0 Å². The molecular weight excluding hydrogens is 232 g/mol. The van der Waals surface area contributed by atoms with E-state index >= 15 is 0 Å². The van der Waals surface area contributed by atoms with Crippen LogP contribution in [0.2, 0.25) is 0 Å². The Bertz CT molecular complexity index is 425. The third-order valence-corrected chi connectivity index (χ3v) is 4.31. The van der Waals surface area contributed by atoms with E-state index in [9.17, 15) is 8.78 Å². The van der Waals surface area contributed by atoms with E-state index in [1.807, 2.05) is 6.92 Å². The molecular formula is C15H21F2N. The molecule has 1 aliphatic rings. The smallest absolute Gasteiger partial charge is 0.130 e. The van der Waals surface area contributed by atoms with E-state index in [0.717, 1.165) is 12.6 Å². The van der Waals surface area contributed by atoms with Gasteiger partial charge in [0.1, 0.15) is 11.6 Å². The van der Waals surface area contributed by atoms with Crippen LogP contribution < -0.4 is 5.32 Å². The van der Waals surface area contributed by atoms with Gasteiger partial charge in [-0.1, -0.05) is 19.9 Å². The molecule has 1 saturated carbocycles. The third kappa shape index (κ3) is 2.72. The lowest BCUT2D eigenvalue weighted by atomic mass is 9.92. The molecule has 1 atom stereocenters. The number of hydrogen-bond acceptors (Lipinski definition) is 1. The van der Waals surface area contributed by atoms with Crippen molar-refractivity contribution >= 4 is 0 Å². The molecule has 1 fully saturated rings. The van der Waals surface area contributed by atoms with Crippen LogP contribution in [0.5, 0.6) is 0 Å². The van der Waals surface area contributed by atoms with Crippen molar-refractivity contribution in [1.29, 1.82) is 0 Å². The van der Waals surface area contributed by atoms with Gasteiger partial charge >= 0.3 is 0 Å². The molecule has 0 heterocycles. The summed E-state index contributed by atoms with van der Waals surface area (Å²) in [4.78, 5) is 0. The minimum absolute atomic E-state index is 0.0816. The second kappa shape index (κ2) is 4.96. The van der Waals surface area contributed by atoms with Crippen molar-refractivity contribution in [2.75, 3.05) is 6.54 Å². The van der Waals surface area contributed by atoms with E-state index in [0.29, 0.717) is 16.9 Å². The number of benzene rings is 1. The maximum atomic E-state index is 13.6. The Balaban J connectivity index is 1.98. The number of rotatable bonds is 5. The lowest BCUT2D eigenvalue weighted by molar-refractivity contribution is 0.323. The van der Waals surface area contributed by atoms with Gasteiger partial charge in [-0.3, -0.25) is 0 Å². The van der Waals surface area contributed by atoms with E-state index in [1.54, 1.807) is 0 Å². The van der Waals surface area contributed by atoms with Crippen LogP contribution >= 0.6 is 0 Å². The first-order valence-electron chi connectivity index (χ1n) is 6.63. The van der Waals surface area contributed by atoms with Crippen LogP contribution in [0.25, 0.3) is 0 Å². The second-order valence-corrected chi connectivity index (χ2v) is 5.79. The molecule has 0 radical (unpaired) electrons. The van der Waals surface area contributed by atoms with Crippen molar-refractivity contribution in [3.63, 3.8) is 0 Å². The molecule has 18 heavy (non-hydrogen) atoms. The van der Waals surface area contributed by atoms with E-state index in [4.69, 9.17) is 0 Å². The SMILES string of the molecule is CC(NCC1(C(C)C)CC1)c1ccc(F)cc1F. The molecule has 0 amide bonds. The molecule has 1 N–H and O–H groups in total. The summed E-state index contributed by atoms with van der Waals surface area (Å²) in [6.45, 7) is 7.30. The molecule has 0 spiro atoms. The summed E-state index contributed by atoms with van der Waals surface area (Å²) in [6.07, 6.45) is 2.49. The molecule has 2 rings (SSSR count). The number of hydrogen-bond donors (Lipinski definition) is 1. The summed E-state index contributed by atoms with van der Waals surface area (Å²) in [5.41, 5.74) is 0.932. The first-order chi connectivity index (χ1) is 8.44. The predicted molar refractivity (Wildman–Crippen MR) is 69.3 cm³/mol. The minimum atomic E-state index is -0.524. The fourth-order valence-electron chi connectivity index (χ4n) is 2.44. The predicted octanol–water partition coefficient (Wildman–Crippen LogP) is 4.05. The van der Waals surface area contributed by atoms with Gasteiger partial charge in [0.2, 0.25) is 0 Å². The molecule has 0 aliphatic heterocycles. The maximum Gasteiger partial charge on any atom is 0.130 e. The van der Waals surface area contributed by atoms with Crippen molar-refractivity contribution in [3.05, 3.63) is 35.4 Å². The zero-order valence-electron chi connectivity index (χ0n) is 11.3. The van der Waals surface area contributed by atoms with E-state index < -0.39 is 11.6 Å². The lowest BCUT2D eigenvalue weighted by Gasteiger charge is -2.23. The first-order valence-corrected chi connectivity index (χ1v) is 6.63. The van der Waals surface area contributed by atoms with Crippen LogP contribution in [0, 0.1) is 23.0 Å². The highest BCUT2D eigenvalue weighted by molar-refractivity contribution is 5.21. The molecule has 1 aliphatic carbocycles. The molecule has 0 bridgehead atoms. The fraction of sp³-hybridized carbons (Fsp3) is 0.600. The quantitative estimate of drug-likeness (QED) is 0.834. The average molecular weight is 253 g/mol. The Morgan fingerprint density at radius 3 is 2.39 bits per heavy atom. The molecule has 0 aromatic heterocycles. The van der Waals surface area contributed by atoms with Gasteiger partial charge in [0, 0.05) is 24.2 Å². The Hall–Kier alpha value is -0.960. The highest BCUT2D eigenvalue weighted by atomic mass is 19.1. The third-order valence-electron chi connectivity index (χ3n) is 4.31. The number of halogens is 2.